The number of hydrogen-bond acceptors (Lipinski definition) is 4. The smallest absolute Gasteiger partial charge is 0.219 e. The Bertz CT molecular complexity index is 356. The van der Waals surface area contributed by atoms with E-state index in [0.29, 0.717) is 25.8 Å². The van der Waals surface area contributed by atoms with Crippen LogP contribution in [0.2, 0.25) is 0 Å². The van der Waals surface area contributed by atoms with E-state index in [1.165, 1.54) is 57.8 Å². The molecule has 2 N–H and O–H groups in total. The number of amides is 1. The maximum Gasteiger partial charge on any atom is 0.219 e. The van der Waals surface area contributed by atoms with Crippen LogP contribution in [-0.4, -0.2) is 23.5 Å². The second-order valence-electron chi connectivity index (χ2n) is 7.05. The molecule has 0 aromatic carbocycles. The van der Waals surface area contributed by atoms with Gasteiger partial charge in [-0.3, -0.25) is 9.69 Å². The third-order valence-corrected chi connectivity index (χ3v) is 5.24. The summed E-state index contributed by atoms with van der Waals surface area (Å²) >= 11 is 0. The summed E-state index contributed by atoms with van der Waals surface area (Å²) in [6.07, 6.45) is 19.2. The van der Waals surface area contributed by atoms with E-state index in [4.69, 9.17) is 4.89 Å². The van der Waals surface area contributed by atoms with Crippen molar-refractivity contribution in [3.8, 4) is 0 Å². The predicted octanol–water partition coefficient (Wildman–Crippen LogP) is 3.62. The van der Waals surface area contributed by atoms with E-state index in [0.717, 1.165) is 12.8 Å². The molecule has 0 fully saturated rings. The molecule has 26 heavy (non-hydrogen) atoms. The number of hydrogen-bond donors (Lipinski definition) is 2. The van der Waals surface area contributed by atoms with E-state index in [9.17, 15) is 14.6 Å². The summed E-state index contributed by atoms with van der Waals surface area (Å²) in [7, 11) is -4.14. The molecule has 0 saturated carbocycles. The van der Waals surface area contributed by atoms with Crippen molar-refractivity contribution in [1.82, 2.24) is 5.32 Å². The molecule has 0 bridgehead atoms. The summed E-state index contributed by atoms with van der Waals surface area (Å²) in [5.41, 5.74) is 0. The molecule has 0 atom stereocenters. The minimum Gasteiger partial charge on any atom is -0.660 e. The molecule has 0 aliphatic carbocycles. The Morgan fingerprint density at radius 1 is 0.885 bits per heavy atom. The lowest BCUT2D eigenvalue weighted by atomic mass is 10.1. The Hall–Kier alpha value is -0.480. The average Bonchev–Trinajstić information content (AvgIpc) is 2.57. The Balaban J connectivity index is 3.27. The maximum absolute atomic E-state index is 11.6. The second kappa shape index (κ2) is 17.9. The van der Waals surface area contributed by atoms with Gasteiger partial charge in [0, 0.05) is 20.9 Å². The highest BCUT2D eigenvalue weighted by molar-refractivity contribution is 7.55. The van der Waals surface area contributed by atoms with Crippen molar-refractivity contribution < 1.29 is 19.5 Å². The Morgan fingerprint density at radius 3 is 2.08 bits per heavy atom. The number of rotatable bonds is 18. The van der Waals surface area contributed by atoms with Crippen molar-refractivity contribution in [1.29, 1.82) is 0 Å². The molecule has 5 nitrogen and oxygen atoms in total. The van der Waals surface area contributed by atoms with Gasteiger partial charge in [0.15, 0.2) is 0 Å². The molecule has 0 aromatic heterocycles. The highest BCUT2D eigenvalue weighted by Crippen LogP contribution is 2.34. The molecule has 0 heterocycles. The lowest BCUT2D eigenvalue weighted by molar-refractivity contribution is -0.331. The molecule has 0 saturated heterocycles. The first-order chi connectivity index (χ1) is 12.5. The van der Waals surface area contributed by atoms with Gasteiger partial charge in [-0.1, -0.05) is 57.6 Å². The van der Waals surface area contributed by atoms with Gasteiger partial charge in [0.1, 0.15) is 0 Å². The molecule has 0 aliphatic heterocycles. The van der Waals surface area contributed by atoms with Crippen LogP contribution in [0.5, 0.6) is 0 Å². The first-order valence-corrected chi connectivity index (χ1v) is 12.2. The monoisotopic (exact) mass is 388 g/mol. The topological polar surface area (TPSA) is 95.5 Å². The molecule has 0 spiro atoms. The normalized spacial score (nSPS) is 12.0. The SMILES string of the molecule is CCCCCC/C=C\CCCCCCCC(=O)NCCCC[P+]([O-])([O-])O. The van der Waals surface area contributed by atoms with Crippen LogP contribution in [0.1, 0.15) is 96.8 Å². The summed E-state index contributed by atoms with van der Waals surface area (Å²) in [5.74, 6) is 0.0327. The van der Waals surface area contributed by atoms with Crippen LogP contribution in [0.25, 0.3) is 0 Å². The van der Waals surface area contributed by atoms with Crippen LogP contribution in [-0.2, 0) is 4.79 Å². The number of allylic oxidation sites excluding steroid dienone is 2. The fourth-order valence-electron chi connectivity index (χ4n) is 2.76. The number of carbonyl (C=O) groups excluding carboxylic acids is 1. The summed E-state index contributed by atoms with van der Waals surface area (Å²) in [5, 5.41) is 2.79. The first kappa shape index (κ1) is 25.5. The van der Waals surface area contributed by atoms with Crippen molar-refractivity contribution in [3.63, 3.8) is 0 Å². The van der Waals surface area contributed by atoms with Gasteiger partial charge >= 0.3 is 0 Å². The van der Waals surface area contributed by atoms with E-state index in [-0.39, 0.29) is 12.1 Å². The lowest BCUT2D eigenvalue weighted by Gasteiger charge is -2.27. The molecule has 154 valence electrons. The number of unbranched alkanes of at least 4 members (excludes halogenated alkanes) is 10. The molecule has 0 aliphatic rings. The van der Waals surface area contributed by atoms with Crippen molar-refractivity contribution in [2.75, 3.05) is 12.7 Å². The van der Waals surface area contributed by atoms with E-state index in [1.54, 1.807) is 0 Å². The second-order valence-corrected chi connectivity index (χ2v) is 8.77. The van der Waals surface area contributed by atoms with Gasteiger partial charge in [0.05, 0.1) is 6.16 Å². The van der Waals surface area contributed by atoms with Crippen LogP contribution >= 0.6 is 7.94 Å². The highest BCUT2D eigenvalue weighted by Gasteiger charge is 2.06. The van der Waals surface area contributed by atoms with Gasteiger partial charge in [-0.25, -0.2) is 0 Å². The molecule has 0 radical (unpaired) electrons. The highest BCUT2D eigenvalue weighted by atomic mass is 31.2. The quantitative estimate of drug-likeness (QED) is 0.213. The summed E-state index contributed by atoms with van der Waals surface area (Å²) < 4.78 is 0. The van der Waals surface area contributed by atoms with Gasteiger partial charge in [-0.2, -0.15) is 0 Å². The van der Waals surface area contributed by atoms with Gasteiger partial charge in [0.2, 0.25) is 5.91 Å². The average molecular weight is 389 g/mol. The predicted molar refractivity (Wildman–Crippen MR) is 106 cm³/mol. The third kappa shape index (κ3) is 21.6. The zero-order valence-electron chi connectivity index (χ0n) is 16.6. The largest absolute Gasteiger partial charge is 0.660 e. The van der Waals surface area contributed by atoms with E-state index in [1.807, 2.05) is 0 Å². The van der Waals surface area contributed by atoms with Crippen molar-refractivity contribution in [2.24, 2.45) is 0 Å². The zero-order chi connectivity index (χ0) is 19.5. The Morgan fingerprint density at radius 2 is 1.46 bits per heavy atom. The molecule has 1 amide bonds. The zero-order valence-corrected chi connectivity index (χ0v) is 17.5. The molecule has 6 heteroatoms. The molecule has 0 aromatic rings. The van der Waals surface area contributed by atoms with Crippen LogP contribution < -0.4 is 15.1 Å². The van der Waals surface area contributed by atoms with Gasteiger partial charge in [0.25, 0.3) is 0 Å². The summed E-state index contributed by atoms with van der Waals surface area (Å²) in [6.45, 7) is 2.71. The standard InChI is InChI=1S/C20H40NO4P/c1-2-3-4-5-6-7-8-9-10-11-12-13-14-17-20(22)21-18-15-16-19-26(23,24)25/h7-8H,2-6,9-19H2,1H3,(H,21,22)(H2,23,24,25)/p-1/b8-7-. The summed E-state index contributed by atoms with van der Waals surface area (Å²) in [4.78, 5) is 41.4. The fraction of sp³-hybridized carbons (Fsp3) is 0.850. The van der Waals surface area contributed by atoms with Crippen LogP contribution in [0.3, 0.4) is 0 Å². The molecular formula is C20H39NO4P-. The molecular weight excluding hydrogens is 349 g/mol. The lowest BCUT2D eigenvalue weighted by Crippen LogP contribution is -2.26. The summed E-state index contributed by atoms with van der Waals surface area (Å²) in [6, 6.07) is 0. The van der Waals surface area contributed by atoms with E-state index in [2.05, 4.69) is 24.4 Å². The number of carbonyl (C=O) groups is 1. The third-order valence-electron chi connectivity index (χ3n) is 4.36. The first-order valence-electron chi connectivity index (χ1n) is 10.4. The maximum atomic E-state index is 11.6. The van der Waals surface area contributed by atoms with Crippen LogP contribution in [0.15, 0.2) is 12.2 Å². The Labute approximate surface area is 160 Å². The van der Waals surface area contributed by atoms with Crippen molar-refractivity contribution in [2.45, 2.75) is 96.8 Å². The van der Waals surface area contributed by atoms with Gasteiger partial charge in [-0.15, -0.1) is 0 Å². The number of nitrogens with one attached hydrogen (secondary N) is 1. The van der Waals surface area contributed by atoms with Crippen LogP contribution in [0.4, 0.5) is 0 Å². The van der Waals surface area contributed by atoms with Crippen molar-refractivity contribution >= 4 is 13.9 Å². The van der Waals surface area contributed by atoms with Crippen LogP contribution in [0, 0.1) is 0 Å². The fourth-order valence-corrected chi connectivity index (χ4v) is 3.38. The minimum absolute atomic E-state index is 0.0327. The Kier molecular flexibility index (Phi) is 17.6. The molecule has 0 unspecified atom stereocenters. The van der Waals surface area contributed by atoms with E-state index >= 15 is 0 Å². The molecule has 0 rings (SSSR count). The van der Waals surface area contributed by atoms with Crippen molar-refractivity contribution in [3.05, 3.63) is 12.2 Å². The van der Waals surface area contributed by atoms with E-state index < -0.39 is 7.94 Å². The van der Waals surface area contributed by atoms with Gasteiger partial charge < -0.3 is 15.1 Å². The minimum atomic E-state index is -4.14. The van der Waals surface area contributed by atoms with Gasteiger partial charge in [-0.05, 0) is 44.9 Å².